The van der Waals surface area contributed by atoms with Crippen LogP contribution in [0, 0.1) is 13.8 Å². The second-order valence-electron chi connectivity index (χ2n) is 11.0. The Hall–Kier alpha value is -4.33. The third kappa shape index (κ3) is 4.81. The van der Waals surface area contributed by atoms with Crippen LogP contribution in [-0.2, 0) is 0 Å². The van der Waals surface area contributed by atoms with Crippen molar-refractivity contribution in [3.05, 3.63) is 190 Å². The molecule has 6 aromatic carbocycles. The van der Waals surface area contributed by atoms with E-state index in [-0.39, 0.29) is 11.8 Å². The zero-order chi connectivity index (χ0) is 27.8. The van der Waals surface area contributed by atoms with Crippen LogP contribution in [0.1, 0.15) is 56.3 Å². The van der Waals surface area contributed by atoms with E-state index in [1.165, 1.54) is 65.4 Å². The average Bonchev–Trinajstić information content (AvgIpc) is 3.02. The molecule has 0 radical (unpaired) electrons. The van der Waals surface area contributed by atoms with Crippen LogP contribution in [0.2, 0.25) is 0 Å². The van der Waals surface area contributed by atoms with Crippen molar-refractivity contribution in [2.24, 2.45) is 0 Å². The van der Waals surface area contributed by atoms with Crippen LogP contribution in [-0.4, -0.2) is 0 Å². The van der Waals surface area contributed by atoms with E-state index >= 15 is 0 Å². The lowest BCUT2D eigenvalue weighted by atomic mass is 9.81. The van der Waals surface area contributed by atoms with Crippen LogP contribution in [0.15, 0.2) is 155 Å². The zero-order valence-electron chi connectivity index (χ0n) is 23.4. The van der Waals surface area contributed by atoms with Gasteiger partial charge in [0.2, 0.25) is 0 Å². The molecule has 6 aromatic rings. The summed E-state index contributed by atoms with van der Waals surface area (Å²) in [4.78, 5) is 2.71. The van der Waals surface area contributed by atoms with Gasteiger partial charge in [-0.15, -0.1) is 0 Å². The fraction of sp³-hybridized carbons (Fsp3) is 0.100. The summed E-state index contributed by atoms with van der Waals surface area (Å²) >= 11 is 1.88. The maximum absolute atomic E-state index is 2.32. The van der Waals surface area contributed by atoms with Crippen molar-refractivity contribution in [3.63, 3.8) is 0 Å². The molecule has 0 spiro atoms. The minimum atomic E-state index is 0.207. The minimum absolute atomic E-state index is 0.207. The van der Waals surface area contributed by atoms with Crippen LogP contribution < -0.4 is 0 Å². The second kappa shape index (κ2) is 10.9. The molecule has 198 valence electrons. The molecule has 1 heteroatoms. The Labute approximate surface area is 247 Å². The topological polar surface area (TPSA) is 0 Å². The Morgan fingerprint density at radius 3 is 1.41 bits per heavy atom. The fourth-order valence-corrected chi connectivity index (χ4v) is 7.49. The number of hydrogen-bond donors (Lipinski definition) is 0. The lowest BCUT2D eigenvalue weighted by Crippen LogP contribution is -2.09. The first-order valence-electron chi connectivity index (χ1n) is 14.3. The van der Waals surface area contributed by atoms with Crippen LogP contribution in [0.3, 0.4) is 0 Å². The highest BCUT2D eigenvalue weighted by atomic mass is 32.2. The molecule has 1 aliphatic heterocycles. The largest absolute Gasteiger partial charge is 0.0895 e. The molecule has 0 aliphatic carbocycles. The molecular formula is C40H32S. The maximum atomic E-state index is 2.32. The van der Waals surface area contributed by atoms with Crippen molar-refractivity contribution in [1.82, 2.24) is 0 Å². The first-order valence-corrected chi connectivity index (χ1v) is 15.2. The van der Waals surface area contributed by atoms with Crippen molar-refractivity contribution >= 4 is 11.8 Å². The highest BCUT2D eigenvalue weighted by Gasteiger charge is 2.27. The van der Waals surface area contributed by atoms with Gasteiger partial charge in [0.15, 0.2) is 0 Å². The van der Waals surface area contributed by atoms with Gasteiger partial charge in [0.1, 0.15) is 0 Å². The number of aryl methyl sites for hydroxylation is 2. The SMILES string of the molecule is Cc1ccccc1C(c1ccc(-c2ccc(C3c4ccccc4Sc4ccccc43)cc2)cc1)c1ccccc1C. The zero-order valence-corrected chi connectivity index (χ0v) is 24.2. The molecule has 1 aliphatic rings. The summed E-state index contributed by atoms with van der Waals surface area (Å²) in [5.74, 6) is 0.460. The molecular weight excluding hydrogens is 513 g/mol. The standard InChI is InChI=1S/C40H32S/c1-27-11-3-5-13-33(27)39(34-14-6-4-12-28(34)2)31-23-19-29(20-24-31)30-21-25-32(26-22-30)40-35-15-7-9-17-37(35)41-38-18-10-8-16-36(38)40/h3-26,39-40H,1-2H3. The van der Waals surface area contributed by atoms with Crippen molar-refractivity contribution in [1.29, 1.82) is 0 Å². The quantitative estimate of drug-likeness (QED) is 0.194. The summed E-state index contributed by atoms with van der Waals surface area (Å²) < 4.78 is 0. The van der Waals surface area contributed by atoms with E-state index in [2.05, 4.69) is 159 Å². The van der Waals surface area contributed by atoms with Crippen LogP contribution in [0.5, 0.6) is 0 Å². The molecule has 1 heterocycles. The monoisotopic (exact) mass is 544 g/mol. The lowest BCUT2D eigenvalue weighted by Gasteiger charge is -2.28. The first-order chi connectivity index (χ1) is 20.2. The fourth-order valence-electron chi connectivity index (χ4n) is 6.35. The van der Waals surface area contributed by atoms with Crippen molar-refractivity contribution in [3.8, 4) is 11.1 Å². The third-order valence-corrected chi connectivity index (χ3v) is 9.68. The second-order valence-corrected chi connectivity index (χ2v) is 12.1. The van der Waals surface area contributed by atoms with Gasteiger partial charge in [-0.05, 0) is 81.6 Å². The lowest BCUT2D eigenvalue weighted by molar-refractivity contribution is 0.902. The molecule has 0 saturated heterocycles. The van der Waals surface area contributed by atoms with Gasteiger partial charge in [0.25, 0.3) is 0 Å². The van der Waals surface area contributed by atoms with Gasteiger partial charge >= 0.3 is 0 Å². The number of benzene rings is 6. The molecule has 0 saturated carbocycles. The molecule has 0 N–H and O–H groups in total. The van der Waals surface area contributed by atoms with Gasteiger partial charge in [0, 0.05) is 21.6 Å². The molecule has 0 bridgehead atoms. The van der Waals surface area contributed by atoms with E-state index in [1.54, 1.807) is 0 Å². The molecule has 0 fully saturated rings. The van der Waals surface area contributed by atoms with Gasteiger partial charge in [0.05, 0.1) is 0 Å². The van der Waals surface area contributed by atoms with Gasteiger partial charge in [-0.2, -0.15) is 0 Å². The highest BCUT2D eigenvalue weighted by molar-refractivity contribution is 7.99. The highest BCUT2D eigenvalue weighted by Crippen LogP contribution is 2.48. The molecule has 0 unspecified atom stereocenters. The minimum Gasteiger partial charge on any atom is -0.0895 e. The van der Waals surface area contributed by atoms with Crippen molar-refractivity contribution in [2.45, 2.75) is 35.5 Å². The van der Waals surface area contributed by atoms with Crippen molar-refractivity contribution in [2.75, 3.05) is 0 Å². The summed E-state index contributed by atoms with van der Waals surface area (Å²) in [5, 5.41) is 0. The molecule has 7 rings (SSSR count). The Bertz CT molecular complexity index is 1740. The van der Waals surface area contributed by atoms with Gasteiger partial charge in [-0.3, -0.25) is 0 Å². The van der Waals surface area contributed by atoms with E-state index < -0.39 is 0 Å². The molecule has 41 heavy (non-hydrogen) atoms. The van der Waals surface area contributed by atoms with E-state index in [9.17, 15) is 0 Å². The Morgan fingerprint density at radius 2 is 0.902 bits per heavy atom. The van der Waals surface area contributed by atoms with Crippen molar-refractivity contribution < 1.29 is 0 Å². The van der Waals surface area contributed by atoms with E-state index in [0.717, 1.165) is 0 Å². The Kier molecular flexibility index (Phi) is 6.82. The normalized spacial score (nSPS) is 12.7. The van der Waals surface area contributed by atoms with E-state index in [4.69, 9.17) is 0 Å². The van der Waals surface area contributed by atoms with Gasteiger partial charge in [-0.25, -0.2) is 0 Å². The summed E-state index contributed by atoms with van der Waals surface area (Å²) in [5.41, 5.74) is 13.3. The maximum Gasteiger partial charge on any atom is 0.0362 e. The summed E-state index contributed by atoms with van der Waals surface area (Å²) in [6, 6.07) is 53.7. The predicted octanol–water partition coefficient (Wildman–Crippen LogP) is 10.8. The number of rotatable bonds is 5. The van der Waals surface area contributed by atoms with Crippen LogP contribution in [0.25, 0.3) is 11.1 Å². The smallest absolute Gasteiger partial charge is 0.0362 e. The summed E-state index contributed by atoms with van der Waals surface area (Å²) in [6.45, 7) is 4.44. The number of fused-ring (bicyclic) bond motifs is 2. The average molecular weight is 545 g/mol. The van der Waals surface area contributed by atoms with Crippen LogP contribution in [0.4, 0.5) is 0 Å². The Balaban J connectivity index is 1.23. The summed E-state index contributed by atoms with van der Waals surface area (Å²) in [6.07, 6.45) is 0. The van der Waals surface area contributed by atoms with Crippen LogP contribution >= 0.6 is 11.8 Å². The van der Waals surface area contributed by atoms with Gasteiger partial charge in [-0.1, -0.05) is 145 Å². The predicted molar refractivity (Wildman–Crippen MR) is 173 cm³/mol. The first kappa shape index (κ1) is 25.6. The van der Waals surface area contributed by atoms with E-state index in [0.29, 0.717) is 0 Å². The van der Waals surface area contributed by atoms with E-state index in [1.807, 2.05) is 11.8 Å². The molecule has 0 amide bonds. The molecule has 0 aromatic heterocycles. The molecule has 0 atom stereocenters. The number of hydrogen-bond acceptors (Lipinski definition) is 1. The van der Waals surface area contributed by atoms with Gasteiger partial charge < -0.3 is 0 Å². The Morgan fingerprint density at radius 1 is 0.463 bits per heavy atom. The summed E-state index contributed by atoms with van der Waals surface area (Å²) in [7, 11) is 0. The molecule has 0 nitrogen and oxygen atoms in total. The third-order valence-electron chi connectivity index (χ3n) is 8.50.